The number of aromatic hydroxyl groups is 1. The summed E-state index contributed by atoms with van der Waals surface area (Å²) in [6, 6.07) is 3.09. The molecule has 0 spiro atoms. The first-order valence-corrected chi connectivity index (χ1v) is 10.1. The normalized spacial score (nSPS) is 29.3. The summed E-state index contributed by atoms with van der Waals surface area (Å²) in [4.78, 5) is 24.7. The van der Waals surface area contributed by atoms with E-state index in [1.54, 1.807) is 13.0 Å². The average Bonchev–Trinajstić information content (AvgIpc) is 2.94. The standard InChI is InChI=1S/C24H28O5/c1-13-6-16(28-5)8-18(26)20(13)22(27)29-19-11-24(4)17-10-23(2,3)9-14(17)7-15(12-25)21(19)24/h6-8,12,17,19,26H,9-11H2,1-5H3/t17-,19+,24+/m1/s1. The van der Waals surface area contributed by atoms with Gasteiger partial charge in [0, 0.05) is 17.1 Å². The molecular formula is C24H28O5. The lowest BCUT2D eigenvalue weighted by Gasteiger charge is -2.54. The van der Waals surface area contributed by atoms with Crippen LogP contribution >= 0.6 is 0 Å². The van der Waals surface area contributed by atoms with Crippen LogP contribution in [0.1, 0.15) is 56.0 Å². The van der Waals surface area contributed by atoms with Crippen LogP contribution in [0.4, 0.5) is 0 Å². The molecule has 3 aliphatic carbocycles. The Kier molecular flexibility index (Phi) is 4.41. The van der Waals surface area contributed by atoms with Crippen LogP contribution in [0.2, 0.25) is 0 Å². The van der Waals surface area contributed by atoms with Gasteiger partial charge in [-0.25, -0.2) is 4.79 Å². The molecule has 1 aromatic rings. The smallest absolute Gasteiger partial charge is 0.342 e. The summed E-state index contributed by atoms with van der Waals surface area (Å²) in [7, 11) is 1.50. The van der Waals surface area contributed by atoms with E-state index in [1.807, 2.05) is 6.08 Å². The Balaban J connectivity index is 1.62. The van der Waals surface area contributed by atoms with Gasteiger partial charge >= 0.3 is 5.97 Å². The van der Waals surface area contributed by atoms with Crippen molar-refractivity contribution in [2.45, 2.75) is 53.1 Å². The van der Waals surface area contributed by atoms with E-state index in [-0.39, 0.29) is 22.1 Å². The number of aryl methyl sites for hydroxylation is 1. The van der Waals surface area contributed by atoms with Gasteiger partial charge in [0.2, 0.25) is 0 Å². The van der Waals surface area contributed by atoms with Gasteiger partial charge in [0.25, 0.3) is 0 Å². The number of esters is 1. The monoisotopic (exact) mass is 396 g/mol. The highest BCUT2D eigenvalue weighted by Crippen LogP contribution is 2.64. The van der Waals surface area contributed by atoms with Gasteiger partial charge in [0.05, 0.1) is 7.11 Å². The average molecular weight is 396 g/mol. The minimum Gasteiger partial charge on any atom is -0.507 e. The lowest BCUT2D eigenvalue weighted by Crippen LogP contribution is -2.51. The molecule has 3 atom stereocenters. The summed E-state index contributed by atoms with van der Waals surface area (Å²) in [5, 5.41) is 10.3. The first kappa shape index (κ1) is 19.7. The molecule has 29 heavy (non-hydrogen) atoms. The molecule has 4 rings (SSSR count). The number of hydrogen-bond acceptors (Lipinski definition) is 5. The molecule has 5 heteroatoms. The number of ether oxygens (including phenoxy) is 2. The molecule has 1 N–H and O–H groups in total. The van der Waals surface area contributed by atoms with Gasteiger partial charge in [0.15, 0.2) is 0 Å². The molecule has 0 aliphatic heterocycles. The quantitative estimate of drug-likeness (QED) is 0.599. The van der Waals surface area contributed by atoms with Crippen molar-refractivity contribution < 1.29 is 24.2 Å². The topological polar surface area (TPSA) is 72.8 Å². The van der Waals surface area contributed by atoms with E-state index in [1.165, 1.54) is 18.7 Å². The molecule has 0 heterocycles. The third-order valence-electron chi connectivity index (χ3n) is 6.96. The van der Waals surface area contributed by atoms with Gasteiger partial charge in [-0.3, -0.25) is 4.79 Å². The summed E-state index contributed by atoms with van der Waals surface area (Å²) in [5.41, 5.74) is 3.72. The van der Waals surface area contributed by atoms with Crippen molar-refractivity contribution in [3.05, 3.63) is 46.1 Å². The number of methoxy groups -OCH3 is 1. The number of rotatable bonds is 4. The summed E-state index contributed by atoms with van der Waals surface area (Å²) < 4.78 is 10.9. The highest BCUT2D eigenvalue weighted by molar-refractivity contribution is 5.95. The molecule has 0 unspecified atom stereocenters. The molecular weight excluding hydrogens is 368 g/mol. The zero-order valence-corrected chi connectivity index (χ0v) is 17.7. The summed E-state index contributed by atoms with van der Waals surface area (Å²) in [5.74, 6) is 0.130. The first-order valence-electron chi connectivity index (χ1n) is 10.1. The SMILES string of the molecule is COc1cc(C)c(C(=O)O[C@H]2C[C@]3(C)C2=C(C=O)C=C2CC(C)(C)C[C@H]23)c(O)c1. The second-order valence-corrected chi connectivity index (χ2v) is 9.66. The molecule has 0 amide bonds. The van der Waals surface area contributed by atoms with Crippen LogP contribution in [0.15, 0.2) is 34.9 Å². The Labute approximate surface area is 171 Å². The second kappa shape index (κ2) is 6.48. The zero-order chi connectivity index (χ0) is 21.1. The zero-order valence-electron chi connectivity index (χ0n) is 17.7. The molecule has 5 nitrogen and oxygen atoms in total. The summed E-state index contributed by atoms with van der Waals surface area (Å²) in [6.45, 7) is 8.45. The molecule has 0 aromatic heterocycles. The molecule has 0 saturated heterocycles. The maximum absolute atomic E-state index is 12.8. The van der Waals surface area contributed by atoms with Gasteiger partial charge in [-0.2, -0.15) is 0 Å². The molecule has 0 bridgehead atoms. The Morgan fingerprint density at radius 1 is 1.24 bits per heavy atom. The Hall–Kier alpha value is -2.56. The maximum atomic E-state index is 12.8. The third-order valence-corrected chi connectivity index (χ3v) is 6.96. The number of fused-ring (bicyclic) bond motifs is 3. The Morgan fingerprint density at radius 3 is 2.59 bits per heavy atom. The van der Waals surface area contributed by atoms with Crippen LogP contribution in [0, 0.1) is 23.7 Å². The Morgan fingerprint density at radius 2 is 1.97 bits per heavy atom. The van der Waals surface area contributed by atoms with E-state index < -0.39 is 12.1 Å². The van der Waals surface area contributed by atoms with E-state index in [0.29, 0.717) is 29.2 Å². The fourth-order valence-corrected chi connectivity index (χ4v) is 5.68. The number of phenolic OH excluding ortho intramolecular Hbond substituents is 1. The van der Waals surface area contributed by atoms with Gasteiger partial charge < -0.3 is 14.6 Å². The lowest BCUT2D eigenvalue weighted by molar-refractivity contribution is -0.105. The summed E-state index contributed by atoms with van der Waals surface area (Å²) >= 11 is 0. The predicted octanol–water partition coefficient (Wildman–Crippen LogP) is 4.52. The number of benzene rings is 1. The van der Waals surface area contributed by atoms with Crippen LogP contribution in [-0.2, 0) is 9.53 Å². The van der Waals surface area contributed by atoms with Crippen molar-refractivity contribution in [2.24, 2.45) is 16.7 Å². The molecule has 1 aromatic carbocycles. The predicted molar refractivity (Wildman–Crippen MR) is 109 cm³/mol. The van der Waals surface area contributed by atoms with Crippen molar-refractivity contribution in [3.8, 4) is 11.5 Å². The van der Waals surface area contributed by atoms with Gasteiger partial charge in [-0.05, 0) is 54.7 Å². The third kappa shape index (κ3) is 2.98. The van der Waals surface area contributed by atoms with E-state index in [0.717, 1.165) is 24.7 Å². The number of aldehydes is 1. The van der Waals surface area contributed by atoms with Crippen LogP contribution in [0.25, 0.3) is 0 Å². The largest absolute Gasteiger partial charge is 0.507 e. The fourth-order valence-electron chi connectivity index (χ4n) is 5.68. The van der Waals surface area contributed by atoms with Gasteiger partial charge in [-0.1, -0.05) is 32.4 Å². The van der Waals surface area contributed by atoms with Gasteiger partial charge in [0.1, 0.15) is 29.5 Å². The minimum absolute atomic E-state index is 0.140. The van der Waals surface area contributed by atoms with Crippen molar-refractivity contribution in [3.63, 3.8) is 0 Å². The van der Waals surface area contributed by atoms with Gasteiger partial charge in [-0.15, -0.1) is 0 Å². The second-order valence-electron chi connectivity index (χ2n) is 9.66. The van der Waals surface area contributed by atoms with E-state index in [9.17, 15) is 14.7 Å². The number of carbonyl (C=O) groups excluding carboxylic acids is 2. The lowest BCUT2D eigenvalue weighted by atomic mass is 9.52. The highest BCUT2D eigenvalue weighted by atomic mass is 16.5. The number of hydrogen-bond donors (Lipinski definition) is 1. The molecule has 2 fully saturated rings. The van der Waals surface area contributed by atoms with Crippen molar-refractivity contribution >= 4 is 12.3 Å². The van der Waals surface area contributed by atoms with Crippen molar-refractivity contribution in [1.29, 1.82) is 0 Å². The fraction of sp³-hybridized carbons (Fsp3) is 0.500. The number of phenols is 1. The molecule has 154 valence electrons. The Bertz CT molecular complexity index is 944. The van der Waals surface area contributed by atoms with Crippen LogP contribution in [0.5, 0.6) is 11.5 Å². The number of allylic oxidation sites excluding steroid dienone is 3. The van der Waals surface area contributed by atoms with Crippen molar-refractivity contribution in [2.75, 3.05) is 7.11 Å². The molecule has 0 radical (unpaired) electrons. The molecule has 2 saturated carbocycles. The molecule has 3 aliphatic rings. The van der Waals surface area contributed by atoms with Crippen LogP contribution < -0.4 is 4.74 Å². The maximum Gasteiger partial charge on any atom is 0.342 e. The minimum atomic E-state index is -0.575. The highest BCUT2D eigenvalue weighted by Gasteiger charge is 2.59. The van der Waals surface area contributed by atoms with E-state index in [2.05, 4.69) is 20.8 Å². The van der Waals surface area contributed by atoms with Crippen LogP contribution in [-0.4, -0.2) is 30.6 Å². The first-order chi connectivity index (χ1) is 13.6. The van der Waals surface area contributed by atoms with Crippen LogP contribution in [0.3, 0.4) is 0 Å². The van der Waals surface area contributed by atoms with E-state index in [4.69, 9.17) is 9.47 Å². The summed E-state index contributed by atoms with van der Waals surface area (Å²) in [6.07, 6.45) is 5.23. The number of carbonyl (C=O) groups is 2. The van der Waals surface area contributed by atoms with Crippen molar-refractivity contribution in [1.82, 2.24) is 0 Å². The van der Waals surface area contributed by atoms with E-state index >= 15 is 0 Å².